The van der Waals surface area contributed by atoms with E-state index in [1.807, 2.05) is 19.0 Å². The zero-order valence-corrected chi connectivity index (χ0v) is 9.18. The van der Waals surface area contributed by atoms with E-state index in [0.29, 0.717) is 10.6 Å². The SMILES string of the molecule is CN(C)CCS(=O)c1cccc(F)c1. The number of halogens is 1. The molecule has 2 nitrogen and oxygen atoms in total. The van der Waals surface area contributed by atoms with Crippen molar-refractivity contribution in [1.29, 1.82) is 0 Å². The lowest BCUT2D eigenvalue weighted by Gasteiger charge is -2.08. The van der Waals surface area contributed by atoms with Gasteiger partial charge in [-0.2, -0.15) is 0 Å². The molecule has 0 aliphatic carbocycles. The highest BCUT2D eigenvalue weighted by atomic mass is 32.2. The number of nitrogens with zero attached hydrogens (tertiary/aromatic N) is 1. The molecule has 0 fully saturated rings. The van der Waals surface area contributed by atoms with E-state index in [1.165, 1.54) is 12.1 Å². The van der Waals surface area contributed by atoms with Gasteiger partial charge in [-0.05, 0) is 32.3 Å². The Labute approximate surface area is 86.2 Å². The third-order valence-electron chi connectivity index (χ3n) is 1.78. The molecule has 0 aliphatic rings. The van der Waals surface area contributed by atoms with Gasteiger partial charge in [0, 0.05) is 17.2 Å². The van der Waals surface area contributed by atoms with Crippen molar-refractivity contribution in [3.63, 3.8) is 0 Å². The standard InChI is InChI=1S/C10H14FNOS/c1-12(2)6-7-14(13)10-5-3-4-9(11)8-10/h3-5,8H,6-7H2,1-2H3. The van der Waals surface area contributed by atoms with Crippen LogP contribution in [-0.2, 0) is 10.8 Å². The summed E-state index contributed by atoms with van der Waals surface area (Å²) in [5, 5.41) is 0. The lowest BCUT2D eigenvalue weighted by molar-refractivity contribution is 0.435. The van der Waals surface area contributed by atoms with Crippen LogP contribution in [0.4, 0.5) is 4.39 Å². The smallest absolute Gasteiger partial charge is 0.124 e. The molecule has 1 rings (SSSR count). The molecule has 0 N–H and O–H groups in total. The predicted octanol–water partition coefficient (Wildman–Crippen LogP) is 1.49. The second kappa shape index (κ2) is 5.22. The molecule has 0 spiro atoms. The molecule has 0 saturated heterocycles. The van der Waals surface area contributed by atoms with Crippen LogP contribution in [0.5, 0.6) is 0 Å². The Morgan fingerprint density at radius 1 is 1.43 bits per heavy atom. The Hall–Kier alpha value is -0.740. The number of hydrogen-bond acceptors (Lipinski definition) is 2. The fraction of sp³-hybridized carbons (Fsp3) is 0.400. The van der Waals surface area contributed by atoms with Crippen LogP contribution in [0.3, 0.4) is 0 Å². The van der Waals surface area contributed by atoms with Crippen LogP contribution in [0.25, 0.3) is 0 Å². The molecule has 78 valence electrons. The summed E-state index contributed by atoms with van der Waals surface area (Å²) >= 11 is 0. The largest absolute Gasteiger partial charge is 0.308 e. The second-order valence-electron chi connectivity index (χ2n) is 3.31. The monoisotopic (exact) mass is 215 g/mol. The van der Waals surface area contributed by atoms with E-state index >= 15 is 0 Å². The normalized spacial score (nSPS) is 13.1. The Morgan fingerprint density at radius 3 is 2.71 bits per heavy atom. The molecule has 0 aromatic heterocycles. The van der Waals surface area contributed by atoms with E-state index in [0.717, 1.165) is 6.54 Å². The van der Waals surface area contributed by atoms with Crippen molar-refractivity contribution in [1.82, 2.24) is 4.90 Å². The molecule has 0 amide bonds. The maximum absolute atomic E-state index is 12.8. The first-order valence-electron chi connectivity index (χ1n) is 4.38. The van der Waals surface area contributed by atoms with Crippen molar-refractivity contribution in [2.75, 3.05) is 26.4 Å². The molecule has 0 aliphatic heterocycles. The van der Waals surface area contributed by atoms with Gasteiger partial charge in [0.2, 0.25) is 0 Å². The quantitative estimate of drug-likeness (QED) is 0.758. The van der Waals surface area contributed by atoms with Crippen molar-refractivity contribution in [3.05, 3.63) is 30.1 Å². The summed E-state index contributed by atoms with van der Waals surface area (Å²) in [5.41, 5.74) is 0. The average Bonchev–Trinajstić information content (AvgIpc) is 2.14. The van der Waals surface area contributed by atoms with Crippen LogP contribution in [-0.4, -0.2) is 35.5 Å². The van der Waals surface area contributed by atoms with Gasteiger partial charge in [-0.15, -0.1) is 0 Å². The summed E-state index contributed by atoms with van der Waals surface area (Å²) in [5.74, 6) is 0.205. The van der Waals surface area contributed by atoms with Crippen molar-refractivity contribution in [2.24, 2.45) is 0 Å². The van der Waals surface area contributed by atoms with E-state index in [-0.39, 0.29) is 5.82 Å². The Bertz CT molecular complexity index is 328. The van der Waals surface area contributed by atoms with Crippen molar-refractivity contribution in [3.8, 4) is 0 Å². The van der Waals surface area contributed by atoms with Crippen LogP contribution < -0.4 is 0 Å². The van der Waals surface area contributed by atoms with Crippen molar-refractivity contribution >= 4 is 10.8 Å². The summed E-state index contributed by atoms with van der Waals surface area (Å²) in [6.45, 7) is 0.739. The molecule has 0 saturated carbocycles. The van der Waals surface area contributed by atoms with E-state index in [1.54, 1.807) is 12.1 Å². The molecule has 1 aromatic carbocycles. The first kappa shape index (κ1) is 11.3. The maximum Gasteiger partial charge on any atom is 0.124 e. The molecule has 1 unspecified atom stereocenters. The average molecular weight is 215 g/mol. The third-order valence-corrected chi connectivity index (χ3v) is 3.12. The molecule has 0 radical (unpaired) electrons. The van der Waals surface area contributed by atoms with Gasteiger partial charge in [-0.3, -0.25) is 4.21 Å². The van der Waals surface area contributed by atoms with Gasteiger partial charge >= 0.3 is 0 Å². The molecular weight excluding hydrogens is 201 g/mol. The fourth-order valence-corrected chi connectivity index (χ4v) is 2.23. The Morgan fingerprint density at radius 2 is 2.14 bits per heavy atom. The zero-order chi connectivity index (χ0) is 10.6. The second-order valence-corrected chi connectivity index (χ2v) is 4.88. The van der Waals surface area contributed by atoms with E-state index in [9.17, 15) is 8.60 Å². The van der Waals surface area contributed by atoms with Gasteiger partial charge in [0.1, 0.15) is 5.82 Å². The number of rotatable bonds is 4. The summed E-state index contributed by atoms with van der Waals surface area (Å²) < 4.78 is 24.4. The van der Waals surface area contributed by atoms with E-state index in [4.69, 9.17) is 0 Å². The molecular formula is C10H14FNOS. The van der Waals surface area contributed by atoms with Gasteiger partial charge < -0.3 is 4.90 Å². The predicted molar refractivity (Wildman–Crippen MR) is 56.2 cm³/mol. The summed E-state index contributed by atoms with van der Waals surface area (Å²) in [4.78, 5) is 2.52. The minimum atomic E-state index is -1.10. The maximum atomic E-state index is 12.8. The first-order valence-corrected chi connectivity index (χ1v) is 5.70. The topological polar surface area (TPSA) is 20.3 Å². The van der Waals surface area contributed by atoms with Gasteiger partial charge in [0.05, 0.1) is 10.8 Å². The Kier molecular flexibility index (Phi) is 4.22. The molecule has 0 heterocycles. The van der Waals surface area contributed by atoms with Gasteiger partial charge in [0.25, 0.3) is 0 Å². The van der Waals surface area contributed by atoms with Crippen LogP contribution in [0.1, 0.15) is 0 Å². The lowest BCUT2D eigenvalue weighted by atomic mass is 10.4. The van der Waals surface area contributed by atoms with Gasteiger partial charge in [0.15, 0.2) is 0 Å². The summed E-state index contributed by atoms with van der Waals surface area (Å²) in [6.07, 6.45) is 0. The first-order chi connectivity index (χ1) is 6.59. The van der Waals surface area contributed by atoms with Crippen LogP contribution in [0.15, 0.2) is 29.2 Å². The lowest BCUT2D eigenvalue weighted by Crippen LogP contribution is -2.19. The minimum absolute atomic E-state index is 0.333. The Balaban J connectivity index is 2.61. The summed E-state index contributed by atoms with van der Waals surface area (Å²) in [7, 11) is 2.74. The minimum Gasteiger partial charge on any atom is -0.308 e. The highest BCUT2D eigenvalue weighted by Gasteiger charge is 2.04. The third kappa shape index (κ3) is 3.55. The van der Waals surface area contributed by atoms with Crippen LogP contribution in [0, 0.1) is 5.82 Å². The fourth-order valence-electron chi connectivity index (χ4n) is 0.992. The summed E-state index contributed by atoms with van der Waals surface area (Å²) in [6, 6.07) is 5.95. The molecule has 1 aromatic rings. The van der Waals surface area contributed by atoms with Crippen LogP contribution in [0.2, 0.25) is 0 Å². The number of benzene rings is 1. The van der Waals surface area contributed by atoms with Crippen LogP contribution >= 0.6 is 0 Å². The zero-order valence-electron chi connectivity index (χ0n) is 8.37. The molecule has 1 atom stereocenters. The van der Waals surface area contributed by atoms with Gasteiger partial charge in [-0.1, -0.05) is 6.07 Å². The highest BCUT2D eigenvalue weighted by molar-refractivity contribution is 7.85. The van der Waals surface area contributed by atoms with E-state index in [2.05, 4.69) is 0 Å². The molecule has 4 heteroatoms. The van der Waals surface area contributed by atoms with Crippen molar-refractivity contribution in [2.45, 2.75) is 4.90 Å². The van der Waals surface area contributed by atoms with Crippen molar-refractivity contribution < 1.29 is 8.60 Å². The highest BCUT2D eigenvalue weighted by Crippen LogP contribution is 2.08. The number of hydrogen-bond donors (Lipinski definition) is 0. The van der Waals surface area contributed by atoms with Gasteiger partial charge in [-0.25, -0.2) is 4.39 Å². The van der Waals surface area contributed by atoms with E-state index < -0.39 is 10.8 Å². The molecule has 0 bridgehead atoms. The molecule has 14 heavy (non-hydrogen) atoms.